The first-order valence-electron chi connectivity index (χ1n) is 8.44. The van der Waals surface area contributed by atoms with Gasteiger partial charge in [-0.25, -0.2) is 4.98 Å². The number of hydrogen-bond donors (Lipinski definition) is 1. The average molecular weight is 350 g/mol. The number of carbonyl (C=O) groups excluding carboxylic acids is 1. The van der Waals surface area contributed by atoms with Crippen molar-refractivity contribution >= 4 is 22.7 Å². The van der Waals surface area contributed by atoms with Gasteiger partial charge in [-0.05, 0) is 38.5 Å². The Labute approximate surface area is 149 Å². The molecule has 4 aromatic heterocycles. The van der Waals surface area contributed by atoms with Gasteiger partial charge in [-0.3, -0.25) is 9.20 Å². The Kier molecular flexibility index (Phi) is 4.08. The van der Waals surface area contributed by atoms with Crippen molar-refractivity contribution in [2.45, 2.75) is 26.7 Å². The number of pyridine rings is 2. The fraction of sp³-hybridized carbons (Fsp3) is 0.278. The van der Waals surface area contributed by atoms with E-state index in [9.17, 15) is 4.79 Å². The molecule has 0 aliphatic heterocycles. The number of hydrogen-bond acceptors (Lipinski definition) is 6. The molecule has 0 aromatic carbocycles. The Morgan fingerprint density at radius 1 is 1.27 bits per heavy atom. The van der Waals surface area contributed by atoms with Crippen LogP contribution in [0.5, 0.6) is 0 Å². The van der Waals surface area contributed by atoms with Gasteiger partial charge in [0.25, 0.3) is 11.6 Å². The smallest absolute Gasteiger partial charge is 0.258 e. The molecule has 8 nitrogen and oxygen atoms in total. The number of rotatable bonds is 5. The first kappa shape index (κ1) is 16.2. The van der Waals surface area contributed by atoms with Gasteiger partial charge in [0.05, 0.1) is 16.6 Å². The maximum Gasteiger partial charge on any atom is 0.258 e. The van der Waals surface area contributed by atoms with Crippen LogP contribution in [0.25, 0.3) is 16.7 Å². The van der Waals surface area contributed by atoms with Crippen LogP contribution in [0.1, 0.15) is 34.0 Å². The van der Waals surface area contributed by atoms with Gasteiger partial charge in [-0.2, -0.15) is 0 Å². The molecular weight excluding hydrogens is 332 g/mol. The average Bonchev–Trinajstić information content (AvgIpc) is 3.22. The molecule has 4 aromatic rings. The van der Waals surface area contributed by atoms with Gasteiger partial charge >= 0.3 is 0 Å². The molecule has 0 spiro atoms. The predicted octanol–water partition coefficient (Wildman–Crippen LogP) is 2.24. The Balaban J connectivity index is 1.42. The second kappa shape index (κ2) is 6.55. The molecule has 0 atom stereocenters. The Morgan fingerprint density at radius 2 is 2.15 bits per heavy atom. The van der Waals surface area contributed by atoms with E-state index >= 15 is 0 Å². The van der Waals surface area contributed by atoms with Gasteiger partial charge in [0.15, 0.2) is 5.65 Å². The lowest BCUT2D eigenvalue weighted by atomic mass is 10.1. The first-order valence-corrected chi connectivity index (χ1v) is 8.44. The van der Waals surface area contributed by atoms with Gasteiger partial charge < -0.3 is 9.84 Å². The fourth-order valence-corrected chi connectivity index (χ4v) is 3.00. The predicted molar refractivity (Wildman–Crippen MR) is 94.9 cm³/mol. The Morgan fingerprint density at radius 3 is 3.04 bits per heavy atom. The number of aromatic nitrogens is 5. The summed E-state index contributed by atoms with van der Waals surface area (Å²) in [6, 6.07) is 7.54. The normalized spacial score (nSPS) is 11.3. The van der Waals surface area contributed by atoms with Crippen molar-refractivity contribution in [3.8, 4) is 0 Å². The van der Waals surface area contributed by atoms with Crippen LogP contribution in [0.3, 0.4) is 0 Å². The molecule has 0 radical (unpaired) electrons. The van der Waals surface area contributed by atoms with Crippen molar-refractivity contribution in [3.05, 3.63) is 53.2 Å². The monoisotopic (exact) mass is 350 g/mol. The van der Waals surface area contributed by atoms with Crippen molar-refractivity contribution < 1.29 is 9.32 Å². The number of amides is 1. The van der Waals surface area contributed by atoms with E-state index in [0.717, 1.165) is 24.3 Å². The Hall–Kier alpha value is -3.29. The lowest BCUT2D eigenvalue weighted by molar-refractivity contribution is 0.0954. The topological polar surface area (TPSA) is 98.2 Å². The summed E-state index contributed by atoms with van der Waals surface area (Å²) in [4.78, 5) is 16.9. The molecule has 0 bridgehead atoms. The molecule has 132 valence electrons. The van der Waals surface area contributed by atoms with E-state index in [-0.39, 0.29) is 5.91 Å². The number of nitrogens with zero attached hydrogens (tertiary/aromatic N) is 5. The molecule has 0 fully saturated rings. The van der Waals surface area contributed by atoms with Crippen LogP contribution in [0.2, 0.25) is 0 Å². The number of aryl methyl sites for hydroxylation is 3. The minimum Gasteiger partial charge on any atom is -0.352 e. The van der Waals surface area contributed by atoms with Gasteiger partial charge in [-0.1, -0.05) is 11.2 Å². The summed E-state index contributed by atoms with van der Waals surface area (Å²) in [5.41, 5.74) is 3.13. The van der Waals surface area contributed by atoms with Gasteiger partial charge in [0, 0.05) is 24.9 Å². The third kappa shape index (κ3) is 2.90. The maximum atomic E-state index is 12.6. The van der Waals surface area contributed by atoms with Crippen LogP contribution < -0.4 is 5.32 Å². The van der Waals surface area contributed by atoms with Crippen molar-refractivity contribution in [2.75, 3.05) is 6.54 Å². The molecule has 0 aliphatic carbocycles. The zero-order chi connectivity index (χ0) is 18.1. The molecule has 1 amide bonds. The molecular formula is C18H18N6O2. The highest BCUT2D eigenvalue weighted by Crippen LogP contribution is 2.21. The third-order valence-corrected chi connectivity index (χ3v) is 4.24. The first-order chi connectivity index (χ1) is 12.6. The van der Waals surface area contributed by atoms with Gasteiger partial charge in [0.2, 0.25) is 0 Å². The molecule has 0 saturated heterocycles. The molecule has 8 heteroatoms. The molecule has 0 aliphatic rings. The number of carbonyl (C=O) groups is 1. The summed E-state index contributed by atoms with van der Waals surface area (Å²) in [5, 5.41) is 15.8. The van der Waals surface area contributed by atoms with Crippen LogP contribution in [0.15, 0.2) is 35.0 Å². The van der Waals surface area contributed by atoms with E-state index < -0.39 is 0 Å². The van der Waals surface area contributed by atoms with E-state index in [1.54, 1.807) is 13.0 Å². The minimum atomic E-state index is -0.155. The highest BCUT2D eigenvalue weighted by Gasteiger charge is 2.17. The number of nitrogens with one attached hydrogen (secondary N) is 1. The number of fused-ring (bicyclic) bond motifs is 2. The van der Waals surface area contributed by atoms with E-state index in [2.05, 4.69) is 25.7 Å². The molecule has 26 heavy (non-hydrogen) atoms. The molecule has 4 heterocycles. The van der Waals surface area contributed by atoms with Crippen LogP contribution in [0.4, 0.5) is 0 Å². The zero-order valence-electron chi connectivity index (χ0n) is 14.6. The maximum absolute atomic E-state index is 12.6. The fourth-order valence-electron chi connectivity index (χ4n) is 3.00. The van der Waals surface area contributed by atoms with Crippen molar-refractivity contribution in [1.29, 1.82) is 0 Å². The quantitative estimate of drug-likeness (QED) is 0.554. The molecule has 0 unspecified atom stereocenters. The SMILES string of the molecule is Cc1cc(C(=O)NCCCc2nnc3ccccn23)c2c(C)noc2n1. The minimum absolute atomic E-state index is 0.155. The zero-order valence-corrected chi connectivity index (χ0v) is 14.6. The second-order valence-electron chi connectivity index (χ2n) is 6.16. The summed E-state index contributed by atoms with van der Waals surface area (Å²) < 4.78 is 7.13. The van der Waals surface area contributed by atoms with Crippen molar-refractivity contribution in [3.63, 3.8) is 0 Å². The van der Waals surface area contributed by atoms with Crippen molar-refractivity contribution in [1.82, 2.24) is 30.1 Å². The van der Waals surface area contributed by atoms with E-state index in [1.165, 1.54) is 0 Å². The molecule has 0 saturated carbocycles. The van der Waals surface area contributed by atoms with E-state index in [4.69, 9.17) is 4.52 Å². The second-order valence-corrected chi connectivity index (χ2v) is 6.16. The highest BCUT2D eigenvalue weighted by molar-refractivity contribution is 6.06. The standard InChI is InChI=1S/C18H18N6O2/c1-11-10-13(16-12(2)23-26-18(16)20-11)17(25)19-8-5-7-15-22-21-14-6-3-4-9-24(14)15/h3-4,6,9-10H,5,7-8H2,1-2H3,(H,19,25). The molecule has 4 rings (SSSR count). The summed E-state index contributed by atoms with van der Waals surface area (Å²) in [5.74, 6) is 0.727. The van der Waals surface area contributed by atoms with Gasteiger partial charge in [-0.15, -0.1) is 10.2 Å². The summed E-state index contributed by atoms with van der Waals surface area (Å²) in [6.07, 6.45) is 3.42. The van der Waals surface area contributed by atoms with Crippen LogP contribution in [-0.2, 0) is 6.42 Å². The largest absolute Gasteiger partial charge is 0.352 e. The molecule has 1 N–H and O–H groups in total. The highest BCUT2D eigenvalue weighted by atomic mass is 16.5. The summed E-state index contributed by atoms with van der Waals surface area (Å²) >= 11 is 0. The van der Waals surface area contributed by atoms with Crippen LogP contribution in [0, 0.1) is 13.8 Å². The van der Waals surface area contributed by atoms with E-state index in [0.29, 0.717) is 34.6 Å². The lowest BCUT2D eigenvalue weighted by Crippen LogP contribution is -2.25. The summed E-state index contributed by atoms with van der Waals surface area (Å²) in [7, 11) is 0. The third-order valence-electron chi connectivity index (χ3n) is 4.24. The van der Waals surface area contributed by atoms with Crippen LogP contribution in [-0.4, -0.2) is 37.2 Å². The van der Waals surface area contributed by atoms with Gasteiger partial charge in [0.1, 0.15) is 5.82 Å². The summed E-state index contributed by atoms with van der Waals surface area (Å²) in [6.45, 7) is 4.16. The van der Waals surface area contributed by atoms with Crippen LogP contribution >= 0.6 is 0 Å². The van der Waals surface area contributed by atoms with Crippen molar-refractivity contribution in [2.24, 2.45) is 0 Å². The van der Waals surface area contributed by atoms with E-state index in [1.807, 2.05) is 35.7 Å². The lowest BCUT2D eigenvalue weighted by Gasteiger charge is -2.06. The Bertz CT molecular complexity index is 1100.